The molecule has 0 atom stereocenters. The third kappa shape index (κ3) is 5.30. The molecule has 33 heavy (non-hydrogen) atoms. The van der Waals surface area contributed by atoms with Crippen molar-refractivity contribution >= 4 is 16.8 Å². The standard InChI is InChI=1S/C25H28N4O4/c1-3-14-33-21-8-9-23-22(17-21)25(31)29(18(2)27-23)20-6-4-19(5-7-20)24(30)26-10-11-28-12-15-32-16-13-28/h3-9,17H,1,10-16H2,2H3,(H,26,30). The summed E-state index contributed by atoms with van der Waals surface area (Å²) in [4.78, 5) is 32.6. The van der Waals surface area contributed by atoms with Gasteiger partial charge >= 0.3 is 0 Å². The smallest absolute Gasteiger partial charge is 0.266 e. The summed E-state index contributed by atoms with van der Waals surface area (Å²) in [5, 5.41) is 3.42. The van der Waals surface area contributed by atoms with Crippen LogP contribution in [-0.2, 0) is 4.74 Å². The Morgan fingerprint density at radius 1 is 1.21 bits per heavy atom. The monoisotopic (exact) mass is 448 g/mol. The lowest BCUT2D eigenvalue weighted by molar-refractivity contribution is 0.0383. The van der Waals surface area contributed by atoms with Crippen molar-refractivity contribution in [2.45, 2.75) is 6.92 Å². The van der Waals surface area contributed by atoms with Gasteiger partial charge in [-0.3, -0.25) is 19.1 Å². The van der Waals surface area contributed by atoms with Crippen molar-refractivity contribution in [2.75, 3.05) is 46.0 Å². The predicted octanol–water partition coefficient (Wildman–Crippen LogP) is 2.32. The summed E-state index contributed by atoms with van der Waals surface area (Å²) in [5.41, 5.74) is 1.61. The molecule has 1 saturated heterocycles. The third-order valence-corrected chi connectivity index (χ3v) is 5.58. The Bertz CT molecular complexity index is 1200. The number of morpholine rings is 1. The van der Waals surface area contributed by atoms with Crippen LogP contribution in [0.5, 0.6) is 5.75 Å². The van der Waals surface area contributed by atoms with Crippen molar-refractivity contribution in [1.29, 1.82) is 0 Å². The van der Waals surface area contributed by atoms with Gasteiger partial charge in [0.25, 0.3) is 11.5 Å². The maximum Gasteiger partial charge on any atom is 0.266 e. The zero-order chi connectivity index (χ0) is 23.2. The lowest BCUT2D eigenvalue weighted by atomic mass is 10.1. The van der Waals surface area contributed by atoms with Gasteiger partial charge in [-0.05, 0) is 49.4 Å². The van der Waals surface area contributed by atoms with E-state index < -0.39 is 0 Å². The molecular weight excluding hydrogens is 420 g/mol. The molecule has 2 aromatic carbocycles. The van der Waals surface area contributed by atoms with Crippen LogP contribution in [0.25, 0.3) is 16.6 Å². The Morgan fingerprint density at radius 2 is 1.97 bits per heavy atom. The van der Waals surface area contributed by atoms with E-state index in [2.05, 4.69) is 21.8 Å². The number of benzene rings is 2. The van der Waals surface area contributed by atoms with Crippen LogP contribution >= 0.6 is 0 Å². The van der Waals surface area contributed by atoms with Gasteiger partial charge in [0.1, 0.15) is 18.2 Å². The largest absolute Gasteiger partial charge is 0.490 e. The number of aryl methyl sites for hydroxylation is 1. The van der Waals surface area contributed by atoms with Gasteiger partial charge in [-0.2, -0.15) is 0 Å². The summed E-state index contributed by atoms with van der Waals surface area (Å²) >= 11 is 0. The summed E-state index contributed by atoms with van der Waals surface area (Å²) < 4.78 is 12.4. The van der Waals surface area contributed by atoms with Crippen LogP contribution in [0.3, 0.4) is 0 Å². The Kier molecular flexibility index (Phi) is 7.16. The van der Waals surface area contributed by atoms with E-state index in [-0.39, 0.29) is 11.5 Å². The lowest BCUT2D eigenvalue weighted by Gasteiger charge is -2.26. The van der Waals surface area contributed by atoms with E-state index in [0.29, 0.717) is 46.9 Å². The van der Waals surface area contributed by atoms with Crippen LogP contribution in [0.2, 0.25) is 0 Å². The SMILES string of the molecule is C=CCOc1ccc2nc(C)n(-c3ccc(C(=O)NCCN4CCOCC4)cc3)c(=O)c2c1. The van der Waals surface area contributed by atoms with Crippen molar-refractivity contribution < 1.29 is 14.3 Å². The van der Waals surface area contributed by atoms with E-state index >= 15 is 0 Å². The highest BCUT2D eigenvalue weighted by Crippen LogP contribution is 2.19. The third-order valence-electron chi connectivity index (χ3n) is 5.58. The Balaban J connectivity index is 1.50. The molecule has 0 aliphatic carbocycles. The van der Waals surface area contributed by atoms with Crippen LogP contribution in [0.4, 0.5) is 0 Å². The van der Waals surface area contributed by atoms with Crippen molar-refractivity contribution in [3.63, 3.8) is 0 Å². The fourth-order valence-electron chi connectivity index (χ4n) is 3.84. The van der Waals surface area contributed by atoms with Gasteiger partial charge < -0.3 is 14.8 Å². The highest BCUT2D eigenvalue weighted by atomic mass is 16.5. The fourth-order valence-corrected chi connectivity index (χ4v) is 3.84. The Labute approximate surface area is 192 Å². The summed E-state index contributed by atoms with van der Waals surface area (Å²) in [6.07, 6.45) is 1.65. The molecule has 0 saturated carbocycles. The molecule has 0 spiro atoms. The number of nitrogens with zero attached hydrogens (tertiary/aromatic N) is 3. The van der Waals surface area contributed by atoms with E-state index in [4.69, 9.17) is 9.47 Å². The second-order valence-electron chi connectivity index (χ2n) is 7.84. The topological polar surface area (TPSA) is 85.7 Å². The zero-order valence-corrected chi connectivity index (χ0v) is 18.8. The number of ether oxygens (including phenoxy) is 2. The van der Waals surface area contributed by atoms with Crippen LogP contribution in [0.1, 0.15) is 16.2 Å². The van der Waals surface area contributed by atoms with Crippen LogP contribution in [-0.4, -0.2) is 66.4 Å². The molecule has 0 bridgehead atoms. The summed E-state index contributed by atoms with van der Waals surface area (Å²) in [5.74, 6) is 1.01. The first-order valence-electron chi connectivity index (χ1n) is 11.0. The molecule has 1 aliphatic rings. The quantitative estimate of drug-likeness (QED) is 0.533. The summed E-state index contributed by atoms with van der Waals surface area (Å²) in [6, 6.07) is 12.2. The number of rotatable bonds is 8. The Morgan fingerprint density at radius 3 is 2.70 bits per heavy atom. The van der Waals surface area contributed by atoms with E-state index in [1.165, 1.54) is 0 Å². The van der Waals surface area contributed by atoms with E-state index in [9.17, 15) is 9.59 Å². The number of fused-ring (bicyclic) bond motifs is 1. The number of amides is 1. The first-order valence-corrected chi connectivity index (χ1v) is 11.0. The molecule has 3 aromatic rings. The second-order valence-corrected chi connectivity index (χ2v) is 7.84. The molecule has 1 aromatic heterocycles. The number of aromatic nitrogens is 2. The summed E-state index contributed by atoms with van der Waals surface area (Å²) in [7, 11) is 0. The molecule has 172 valence electrons. The van der Waals surface area contributed by atoms with Crippen molar-refractivity contribution in [2.24, 2.45) is 0 Å². The molecule has 0 radical (unpaired) electrons. The van der Waals surface area contributed by atoms with Crippen LogP contribution in [0, 0.1) is 6.92 Å². The van der Waals surface area contributed by atoms with Gasteiger partial charge in [0, 0.05) is 31.7 Å². The number of carbonyl (C=O) groups is 1. The van der Waals surface area contributed by atoms with E-state index in [1.807, 2.05) is 0 Å². The van der Waals surface area contributed by atoms with Crippen molar-refractivity contribution in [3.05, 3.63) is 76.9 Å². The average molecular weight is 449 g/mol. The fraction of sp³-hybridized carbons (Fsp3) is 0.320. The first kappa shape index (κ1) is 22.7. The van der Waals surface area contributed by atoms with Gasteiger partial charge in [0.15, 0.2) is 0 Å². The second kappa shape index (κ2) is 10.4. The molecule has 4 rings (SSSR count). The first-order chi connectivity index (χ1) is 16.1. The van der Waals surface area contributed by atoms with Gasteiger partial charge in [0.05, 0.1) is 29.8 Å². The molecule has 1 fully saturated rings. The molecule has 1 amide bonds. The van der Waals surface area contributed by atoms with Gasteiger partial charge in [-0.15, -0.1) is 0 Å². The number of nitrogens with one attached hydrogen (secondary N) is 1. The zero-order valence-electron chi connectivity index (χ0n) is 18.8. The molecule has 0 unspecified atom stereocenters. The number of hydrogen-bond donors (Lipinski definition) is 1. The number of hydrogen-bond acceptors (Lipinski definition) is 6. The van der Waals surface area contributed by atoms with Crippen molar-refractivity contribution in [3.8, 4) is 11.4 Å². The molecule has 1 N–H and O–H groups in total. The highest BCUT2D eigenvalue weighted by molar-refractivity contribution is 5.94. The maximum atomic E-state index is 13.2. The van der Waals surface area contributed by atoms with Crippen LogP contribution < -0.4 is 15.6 Å². The minimum Gasteiger partial charge on any atom is -0.490 e. The van der Waals surface area contributed by atoms with Crippen LogP contribution in [0.15, 0.2) is 59.9 Å². The highest BCUT2D eigenvalue weighted by Gasteiger charge is 2.13. The molecular formula is C25H28N4O4. The Hall–Kier alpha value is -3.49. The van der Waals surface area contributed by atoms with Gasteiger partial charge in [0.2, 0.25) is 0 Å². The minimum absolute atomic E-state index is 0.139. The van der Waals surface area contributed by atoms with Gasteiger partial charge in [-0.25, -0.2) is 4.98 Å². The van der Waals surface area contributed by atoms with E-state index in [0.717, 1.165) is 32.8 Å². The number of carbonyl (C=O) groups excluding carboxylic acids is 1. The maximum absolute atomic E-state index is 13.2. The molecule has 8 nitrogen and oxygen atoms in total. The van der Waals surface area contributed by atoms with E-state index in [1.54, 1.807) is 60.0 Å². The lowest BCUT2D eigenvalue weighted by Crippen LogP contribution is -2.41. The average Bonchev–Trinajstić information content (AvgIpc) is 2.84. The van der Waals surface area contributed by atoms with Crippen molar-refractivity contribution in [1.82, 2.24) is 19.8 Å². The molecule has 8 heteroatoms. The predicted molar refractivity (Wildman–Crippen MR) is 127 cm³/mol. The molecule has 2 heterocycles. The minimum atomic E-state index is -0.190. The molecule has 1 aliphatic heterocycles. The van der Waals surface area contributed by atoms with Gasteiger partial charge in [-0.1, -0.05) is 12.7 Å². The summed E-state index contributed by atoms with van der Waals surface area (Å²) in [6.45, 7) is 10.4. The normalized spacial score (nSPS) is 14.2.